The van der Waals surface area contributed by atoms with Crippen LogP contribution < -0.4 is 5.32 Å². The van der Waals surface area contributed by atoms with Crippen molar-refractivity contribution >= 4 is 5.91 Å². The summed E-state index contributed by atoms with van der Waals surface area (Å²) < 4.78 is 14.8. The Morgan fingerprint density at radius 2 is 1.71 bits per heavy atom. The Morgan fingerprint density at radius 1 is 1.04 bits per heavy atom. The summed E-state index contributed by atoms with van der Waals surface area (Å²) >= 11 is 0. The highest BCUT2D eigenvalue weighted by molar-refractivity contribution is 5.99. The molecule has 1 N–H and O–H groups in total. The fourth-order valence-corrected chi connectivity index (χ4v) is 3.15. The number of carbonyl (C=O) groups is 1. The first-order valence-electron chi connectivity index (χ1n) is 7.77. The molecule has 0 spiro atoms. The second-order valence-electron chi connectivity index (χ2n) is 6.05. The molecule has 4 nitrogen and oxygen atoms in total. The van der Waals surface area contributed by atoms with Crippen LogP contribution in [0, 0.1) is 19.7 Å². The molecule has 0 bridgehead atoms. The van der Waals surface area contributed by atoms with Gasteiger partial charge in [-0.15, -0.1) is 0 Å². The van der Waals surface area contributed by atoms with Gasteiger partial charge in [0.05, 0.1) is 17.4 Å². The number of hydrogen-bond acceptors (Lipinski definition) is 2. The Kier molecular flexibility index (Phi) is 3.23. The molecule has 4 rings (SSSR count). The number of benzene rings is 2. The van der Waals surface area contributed by atoms with Crippen molar-refractivity contribution in [2.75, 3.05) is 0 Å². The Labute approximate surface area is 138 Å². The molecule has 1 atom stereocenters. The maximum atomic E-state index is 13.2. The highest BCUT2D eigenvalue weighted by atomic mass is 19.1. The predicted molar refractivity (Wildman–Crippen MR) is 88.7 cm³/mol. The molecule has 5 heteroatoms. The minimum Gasteiger partial charge on any atom is -0.340 e. The SMILES string of the molecule is Cc1ccc(C2NC(=O)c3c2c(C)nn3-c2ccc(F)cc2)cc1. The van der Waals surface area contributed by atoms with Crippen LogP contribution in [0.15, 0.2) is 48.5 Å². The summed E-state index contributed by atoms with van der Waals surface area (Å²) in [7, 11) is 0. The van der Waals surface area contributed by atoms with Crippen molar-refractivity contribution in [1.82, 2.24) is 15.1 Å². The molecule has 1 aliphatic heterocycles. The molecular formula is C19H16FN3O. The average molecular weight is 321 g/mol. The second kappa shape index (κ2) is 5.30. The standard InChI is InChI=1S/C19H16FN3O/c1-11-3-5-13(6-4-11)17-16-12(2)22-23(18(16)19(24)21-17)15-9-7-14(20)8-10-15/h3-10,17H,1-2H3,(H,21,24). The molecule has 3 aromatic rings. The molecule has 1 amide bonds. The molecule has 24 heavy (non-hydrogen) atoms. The number of fused-ring (bicyclic) bond motifs is 1. The number of carbonyl (C=O) groups excluding carboxylic acids is 1. The molecule has 1 aromatic heterocycles. The van der Waals surface area contributed by atoms with Gasteiger partial charge in [0.1, 0.15) is 11.5 Å². The number of halogens is 1. The monoisotopic (exact) mass is 321 g/mol. The number of hydrogen-bond donors (Lipinski definition) is 1. The molecule has 0 aliphatic carbocycles. The van der Waals surface area contributed by atoms with Gasteiger partial charge >= 0.3 is 0 Å². The molecule has 0 saturated carbocycles. The Morgan fingerprint density at radius 3 is 2.38 bits per heavy atom. The van der Waals surface area contributed by atoms with E-state index in [1.165, 1.54) is 17.7 Å². The number of nitrogens with one attached hydrogen (secondary N) is 1. The van der Waals surface area contributed by atoms with E-state index in [2.05, 4.69) is 10.4 Å². The van der Waals surface area contributed by atoms with Gasteiger partial charge in [0.2, 0.25) is 0 Å². The zero-order chi connectivity index (χ0) is 16.8. The molecule has 0 saturated heterocycles. The lowest BCUT2D eigenvalue weighted by Crippen LogP contribution is -2.22. The average Bonchev–Trinajstić information content (AvgIpc) is 3.08. The maximum absolute atomic E-state index is 13.2. The van der Waals surface area contributed by atoms with Gasteiger partial charge in [-0.05, 0) is 43.7 Å². The van der Waals surface area contributed by atoms with Crippen LogP contribution in [0.3, 0.4) is 0 Å². The summed E-state index contributed by atoms with van der Waals surface area (Å²) in [6.45, 7) is 3.92. The number of aryl methyl sites for hydroxylation is 2. The molecular weight excluding hydrogens is 305 g/mol. The highest BCUT2D eigenvalue weighted by Crippen LogP contribution is 2.34. The fourth-order valence-electron chi connectivity index (χ4n) is 3.15. The number of amides is 1. The third-order valence-corrected chi connectivity index (χ3v) is 4.37. The van der Waals surface area contributed by atoms with Crippen LogP contribution in [0.5, 0.6) is 0 Å². The van der Waals surface area contributed by atoms with E-state index in [-0.39, 0.29) is 17.8 Å². The Balaban J connectivity index is 1.84. The zero-order valence-electron chi connectivity index (χ0n) is 13.4. The molecule has 0 fully saturated rings. The predicted octanol–water partition coefficient (Wildman–Crippen LogP) is 3.46. The van der Waals surface area contributed by atoms with Crippen molar-refractivity contribution in [1.29, 1.82) is 0 Å². The fraction of sp³-hybridized carbons (Fsp3) is 0.158. The largest absolute Gasteiger partial charge is 0.340 e. The zero-order valence-corrected chi connectivity index (χ0v) is 13.4. The van der Waals surface area contributed by atoms with Crippen molar-refractivity contribution in [3.05, 3.63) is 82.4 Å². The molecule has 120 valence electrons. The van der Waals surface area contributed by atoms with Gasteiger partial charge < -0.3 is 5.32 Å². The minimum absolute atomic E-state index is 0.166. The van der Waals surface area contributed by atoms with Gasteiger partial charge in [0, 0.05) is 5.56 Å². The summed E-state index contributed by atoms with van der Waals surface area (Å²) in [6.07, 6.45) is 0. The lowest BCUT2D eigenvalue weighted by molar-refractivity contribution is 0.0953. The van der Waals surface area contributed by atoms with Crippen molar-refractivity contribution in [2.24, 2.45) is 0 Å². The Hall–Kier alpha value is -2.95. The quantitative estimate of drug-likeness (QED) is 0.786. The van der Waals surface area contributed by atoms with Crippen LogP contribution in [0.4, 0.5) is 4.39 Å². The summed E-state index contributed by atoms with van der Waals surface area (Å²) in [5.41, 5.74) is 5.05. The van der Waals surface area contributed by atoms with Crippen LogP contribution >= 0.6 is 0 Å². The van der Waals surface area contributed by atoms with E-state index in [9.17, 15) is 9.18 Å². The van der Waals surface area contributed by atoms with E-state index < -0.39 is 0 Å². The van der Waals surface area contributed by atoms with Gasteiger partial charge in [-0.3, -0.25) is 4.79 Å². The van der Waals surface area contributed by atoms with Crippen LogP contribution in [0.1, 0.15) is 38.9 Å². The van der Waals surface area contributed by atoms with Crippen molar-refractivity contribution < 1.29 is 9.18 Å². The number of aromatic nitrogens is 2. The molecule has 2 aromatic carbocycles. The number of nitrogens with zero attached hydrogens (tertiary/aromatic N) is 2. The second-order valence-corrected chi connectivity index (χ2v) is 6.05. The topological polar surface area (TPSA) is 46.9 Å². The van der Waals surface area contributed by atoms with Gasteiger partial charge in [0.25, 0.3) is 5.91 Å². The molecule has 1 unspecified atom stereocenters. The maximum Gasteiger partial charge on any atom is 0.271 e. The minimum atomic E-state index is -0.318. The highest BCUT2D eigenvalue weighted by Gasteiger charge is 2.36. The number of rotatable bonds is 2. The van der Waals surface area contributed by atoms with Gasteiger partial charge in [-0.1, -0.05) is 29.8 Å². The van der Waals surface area contributed by atoms with Crippen molar-refractivity contribution in [3.63, 3.8) is 0 Å². The van der Waals surface area contributed by atoms with E-state index in [0.29, 0.717) is 11.4 Å². The first-order valence-corrected chi connectivity index (χ1v) is 7.77. The van der Waals surface area contributed by atoms with Gasteiger partial charge in [-0.25, -0.2) is 9.07 Å². The van der Waals surface area contributed by atoms with Crippen molar-refractivity contribution in [2.45, 2.75) is 19.9 Å². The summed E-state index contributed by atoms with van der Waals surface area (Å²) in [5.74, 6) is -0.484. The first-order chi connectivity index (χ1) is 11.5. The molecule has 1 aliphatic rings. The third kappa shape index (κ3) is 2.21. The smallest absolute Gasteiger partial charge is 0.271 e. The molecule has 0 radical (unpaired) electrons. The van der Waals surface area contributed by atoms with Crippen LogP contribution in [0.2, 0.25) is 0 Å². The summed E-state index contributed by atoms with van der Waals surface area (Å²) in [4.78, 5) is 12.5. The van der Waals surface area contributed by atoms with Crippen molar-refractivity contribution in [3.8, 4) is 5.69 Å². The van der Waals surface area contributed by atoms with E-state index in [4.69, 9.17) is 0 Å². The van der Waals surface area contributed by atoms with E-state index in [1.54, 1.807) is 16.8 Å². The van der Waals surface area contributed by atoms with E-state index >= 15 is 0 Å². The van der Waals surface area contributed by atoms with Gasteiger partial charge in [-0.2, -0.15) is 5.10 Å². The van der Waals surface area contributed by atoms with Crippen LogP contribution in [-0.2, 0) is 0 Å². The summed E-state index contributed by atoms with van der Waals surface area (Å²) in [5, 5.41) is 7.53. The lowest BCUT2D eigenvalue weighted by atomic mass is 9.99. The first kappa shape index (κ1) is 14.6. The van der Waals surface area contributed by atoms with Gasteiger partial charge in [0.15, 0.2) is 0 Å². The van der Waals surface area contributed by atoms with Crippen LogP contribution in [0.25, 0.3) is 5.69 Å². The molecule has 2 heterocycles. The third-order valence-electron chi connectivity index (χ3n) is 4.37. The lowest BCUT2D eigenvalue weighted by Gasteiger charge is -2.12. The Bertz CT molecular complexity index is 926. The normalized spacial score (nSPS) is 16.1. The summed E-state index contributed by atoms with van der Waals surface area (Å²) in [6, 6.07) is 13.9. The van der Waals surface area contributed by atoms with E-state index in [1.807, 2.05) is 38.1 Å². The van der Waals surface area contributed by atoms with E-state index in [0.717, 1.165) is 16.8 Å². The van der Waals surface area contributed by atoms with Crippen LogP contribution in [-0.4, -0.2) is 15.7 Å².